The van der Waals surface area contributed by atoms with Crippen molar-refractivity contribution in [3.63, 3.8) is 0 Å². The molecule has 0 aliphatic rings. The Morgan fingerprint density at radius 2 is 2.46 bits per heavy atom. The molecule has 0 atom stereocenters. The maximum absolute atomic E-state index is 10.9. The van der Waals surface area contributed by atoms with Crippen molar-refractivity contribution in [3.05, 3.63) is 18.0 Å². The summed E-state index contributed by atoms with van der Waals surface area (Å²) >= 11 is 0. The predicted octanol–water partition coefficient (Wildman–Crippen LogP) is 0.489. The molecule has 0 bridgehead atoms. The second-order valence-electron chi connectivity index (χ2n) is 2.93. The van der Waals surface area contributed by atoms with Gasteiger partial charge in [-0.2, -0.15) is 5.10 Å². The molecule has 13 heavy (non-hydrogen) atoms. The Labute approximate surface area is 77.9 Å². The van der Waals surface area contributed by atoms with E-state index in [0.29, 0.717) is 13.0 Å². The van der Waals surface area contributed by atoms with Gasteiger partial charge in [0, 0.05) is 32.6 Å². The summed E-state index contributed by atoms with van der Waals surface area (Å²) in [5.74, 6) is 0.0935. The Hall–Kier alpha value is -1.32. The number of carbonyl (C=O) groups excluding carboxylic acids is 1. The molecule has 1 amide bonds. The summed E-state index contributed by atoms with van der Waals surface area (Å²) in [6.07, 6.45) is 3.24. The molecule has 0 radical (unpaired) electrons. The van der Waals surface area contributed by atoms with Gasteiger partial charge in [-0.1, -0.05) is 6.92 Å². The molecule has 1 aromatic heterocycles. The van der Waals surface area contributed by atoms with Crippen LogP contribution in [0.5, 0.6) is 0 Å². The zero-order valence-corrected chi connectivity index (χ0v) is 8.08. The van der Waals surface area contributed by atoms with E-state index in [1.807, 2.05) is 26.2 Å². The Bertz CT molecular complexity index is 280. The normalized spacial score (nSPS) is 10.0. The van der Waals surface area contributed by atoms with Gasteiger partial charge in [0.05, 0.1) is 5.69 Å². The summed E-state index contributed by atoms with van der Waals surface area (Å²) in [4.78, 5) is 10.9. The highest BCUT2D eigenvalue weighted by molar-refractivity contribution is 5.75. The molecule has 0 unspecified atom stereocenters. The fraction of sp³-hybridized carbons (Fsp3) is 0.556. The summed E-state index contributed by atoms with van der Waals surface area (Å²) in [6.45, 7) is 2.51. The zero-order chi connectivity index (χ0) is 9.68. The standard InChI is InChI=1S/C9H15N3O/c1-3-9(13)10-6-4-8-5-7-12(2)11-8/h5,7H,3-4,6H2,1-2H3,(H,10,13). The van der Waals surface area contributed by atoms with Crippen LogP contribution in [0.25, 0.3) is 0 Å². The van der Waals surface area contributed by atoms with Crippen molar-refractivity contribution in [2.75, 3.05) is 6.54 Å². The third kappa shape index (κ3) is 3.27. The van der Waals surface area contributed by atoms with Crippen LogP contribution in [0.2, 0.25) is 0 Å². The third-order valence-electron chi connectivity index (χ3n) is 1.79. The SMILES string of the molecule is CCC(=O)NCCc1ccn(C)n1. The largest absolute Gasteiger partial charge is 0.356 e. The molecule has 1 N–H and O–H groups in total. The fourth-order valence-corrected chi connectivity index (χ4v) is 1.05. The van der Waals surface area contributed by atoms with E-state index in [9.17, 15) is 4.79 Å². The van der Waals surface area contributed by atoms with Crippen LogP contribution >= 0.6 is 0 Å². The highest BCUT2D eigenvalue weighted by Crippen LogP contribution is 1.93. The van der Waals surface area contributed by atoms with Crippen LogP contribution in [-0.2, 0) is 18.3 Å². The van der Waals surface area contributed by atoms with Gasteiger partial charge >= 0.3 is 0 Å². The summed E-state index contributed by atoms with van der Waals surface area (Å²) in [5, 5.41) is 7.00. The lowest BCUT2D eigenvalue weighted by Crippen LogP contribution is -2.24. The number of amides is 1. The van der Waals surface area contributed by atoms with Crippen LogP contribution in [0.1, 0.15) is 19.0 Å². The molecule has 1 rings (SSSR count). The molecule has 1 aromatic rings. The average molecular weight is 181 g/mol. The minimum atomic E-state index is 0.0935. The lowest BCUT2D eigenvalue weighted by molar-refractivity contribution is -0.120. The van der Waals surface area contributed by atoms with Crippen LogP contribution in [0, 0.1) is 0 Å². The molecule has 0 fully saturated rings. The number of carbonyl (C=O) groups is 1. The molecular weight excluding hydrogens is 166 g/mol. The molecule has 0 aromatic carbocycles. The maximum atomic E-state index is 10.9. The summed E-state index contributed by atoms with van der Waals surface area (Å²) in [6, 6.07) is 1.96. The minimum Gasteiger partial charge on any atom is -0.356 e. The van der Waals surface area contributed by atoms with E-state index in [1.54, 1.807) is 4.68 Å². The Morgan fingerprint density at radius 3 is 3.00 bits per heavy atom. The molecule has 0 saturated carbocycles. The number of hydrogen-bond donors (Lipinski definition) is 1. The Kier molecular flexibility index (Phi) is 3.49. The van der Waals surface area contributed by atoms with Crippen molar-refractivity contribution in [1.29, 1.82) is 0 Å². The monoisotopic (exact) mass is 181 g/mol. The summed E-state index contributed by atoms with van der Waals surface area (Å²) in [5.41, 5.74) is 1.01. The second kappa shape index (κ2) is 4.64. The van der Waals surface area contributed by atoms with E-state index in [0.717, 1.165) is 12.1 Å². The fourth-order valence-electron chi connectivity index (χ4n) is 1.05. The number of nitrogens with one attached hydrogen (secondary N) is 1. The molecule has 4 nitrogen and oxygen atoms in total. The first-order valence-corrected chi connectivity index (χ1v) is 4.47. The third-order valence-corrected chi connectivity index (χ3v) is 1.79. The zero-order valence-electron chi connectivity index (χ0n) is 8.08. The first-order chi connectivity index (χ1) is 6.22. The number of rotatable bonds is 4. The first-order valence-electron chi connectivity index (χ1n) is 4.47. The van der Waals surface area contributed by atoms with Crippen molar-refractivity contribution in [1.82, 2.24) is 15.1 Å². The number of hydrogen-bond acceptors (Lipinski definition) is 2. The van der Waals surface area contributed by atoms with Gasteiger partial charge < -0.3 is 5.32 Å². The Balaban J connectivity index is 2.24. The quantitative estimate of drug-likeness (QED) is 0.734. The van der Waals surface area contributed by atoms with Gasteiger partial charge in [0.25, 0.3) is 0 Å². The lowest BCUT2D eigenvalue weighted by Gasteiger charge is -2.00. The van der Waals surface area contributed by atoms with Gasteiger partial charge in [0.2, 0.25) is 5.91 Å². The van der Waals surface area contributed by atoms with Crippen molar-refractivity contribution in [2.45, 2.75) is 19.8 Å². The van der Waals surface area contributed by atoms with Gasteiger partial charge in [-0.3, -0.25) is 9.48 Å². The van der Waals surface area contributed by atoms with Crippen LogP contribution in [0.4, 0.5) is 0 Å². The number of aryl methyl sites for hydroxylation is 1. The predicted molar refractivity (Wildman–Crippen MR) is 50.2 cm³/mol. The van der Waals surface area contributed by atoms with Gasteiger partial charge in [-0.05, 0) is 6.07 Å². The molecular formula is C9H15N3O. The van der Waals surface area contributed by atoms with Crippen molar-refractivity contribution < 1.29 is 4.79 Å². The molecule has 4 heteroatoms. The Morgan fingerprint density at radius 1 is 1.69 bits per heavy atom. The molecule has 0 saturated heterocycles. The molecule has 72 valence electrons. The van der Waals surface area contributed by atoms with E-state index >= 15 is 0 Å². The molecule has 0 aliphatic heterocycles. The van der Waals surface area contributed by atoms with Crippen LogP contribution in [0.15, 0.2) is 12.3 Å². The number of nitrogens with zero attached hydrogens (tertiary/aromatic N) is 2. The van der Waals surface area contributed by atoms with E-state index in [1.165, 1.54) is 0 Å². The van der Waals surface area contributed by atoms with E-state index in [-0.39, 0.29) is 5.91 Å². The lowest BCUT2D eigenvalue weighted by atomic mass is 10.3. The molecule has 0 aliphatic carbocycles. The summed E-state index contributed by atoms with van der Waals surface area (Å²) in [7, 11) is 1.88. The topological polar surface area (TPSA) is 46.9 Å². The smallest absolute Gasteiger partial charge is 0.219 e. The number of aromatic nitrogens is 2. The van der Waals surface area contributed by atoms with E-state index < -0.39 is 0 Å². The highest BCUT2D eigenvalue weighted by Gasteiger charge is 1.98. The van der Waals surface area contributed by atoms with Crippen LogP contribution in [-0.4, -0.2) is 22.2 Å². The molecule has 0 spiro atoms. The van der Waals surface area contributed by atoms with Gasteiger partial charge in [-0.25, -0.2) is 0 Å². The van der Waals surface area contributed by atoms with Crippen molar-refractivity contribution >= 4 is 5.91 Å². The van der Waals surface area contributed by atoms with Gasteiger partial charge in [0.1, 0.15) is 0 Å². The van der Waals surface area contributed by atoms with Gasteiger partial charge in [0.15, 0.2) is 0 Å². The van der Waals surface area contributed by atoms with Crippen molar-refractivity contribution in [3.8, 4) is 0 Å². The van der Waals surface area contributed by atoms with Crippen molar-refractivity contribution in [2.24, 2.45) is 7.05 Å². The van der Waals surface area contributed by atoms with Gasteiger partial charge in [-0.15, -0.1) is 0 Å². The maximum Gasteiger partial charge on any atom is 0.219 e. The minimum absolute atomic E-state index is 0.0935. The van der Waals surface area contributed by atoms with E-state index in [4.69, 9.17) is 0 Å². The average Bonchev–Trinajstić information content (AvgIpc) is 2.51. The summed E-state index contributed by atoms with van der Waals surface area (Å²) < 4.78 is 1.76. The second-order valence-corrected chi connectivity index (χ2v) is 2.93. The van der Waals surface area contributed by atoms with Crippen LogP contribution in [0.3, 0.4) is 0 Å². The van der Waals surface area contributed by atoms with Crippen LogP contribution < -0.4 is 5.32 Å². The van der Waals surface area contributed by atoms with E-state index in [2.05, 4.69) is 10.4 Å². The molecule has 1 heterocycles. The first kappa shape index (κ1) is 9.77. The highest BCUT2D eigenvalue weighted by atomic mass is 16.1.